The van der Waals surface area contributed by atoms with Crippen LogP contribution in [0.5, 0.6) is 5.75 Å². The number of methoxy groups -OCH3 is 1. The van der Waals surface area contributed by atoms with Gasteiger partial charge in [-0.2, -0.15) is 0 Å². The van der Waals surface area contributed by atoms with Crippen LogP contribution in [0.2, 0.25) is 10.0 Å². The molecule has 1 heterocycles. The molecule has 1 N–H and O–H groups in total. The Balaban J connectivity index is 1.78. The Bertz CT molecular complexity index is 1260. The van der Waals surface area contributed by atoms with Crippen molar-refractivity contribution < 1.29 is 4.74 Å². The van der Waals surface area contributed by atoms with Crippen LogP contribution in [0.25, 0.3) is 21.8 Å². The van der Waals surface area contributed by atoms with Crippen LogP contribution in [-0.2, 0) is 0 Å². The van der Waals surface area contributed by atoms with E-state index < -0.39 is 0 Å². The lowest BCUT2D eigenvalue weighted by molar-refractivity contribution is 0.294. The molecule has 0 bridgehead atoms. The van der Waals surface area contributed by atoms with Crippen molar-refractivity contribution in [2.24, 2.45) is 0 Å². The summed E-state index contributed by atoms with van der Waals surface area (Å²) >= 11 is 12.5. The summed E-state index contributed by atoms with van der Waals surface area (Å²) in [5.41, 5.74) is 4.01. The van der Waals surface area contributed by atoms with Crippen molar-refractivity contribution in [2.75, 3.05) is 32.1 Å². The first-order chi connectivity index (χ1) is 16.5. The first-order valence-electron chi connectivity index (χ1n) is 11.8. The molecule has 0 amide bonds. The molecular weight excluding hydrogens is 465 g/mol. The second-order valence-corrected chi connectivity index (χ2v) is 9.32. The van der Waals surface area contributed by atoms with Gasteiger partial charge in [-0.1, -0.05) is 49.2 Å². The fraction of sp³-hybridized carbons (Fsp3) is 0.321. The number of anilines is 1. The number of hydrogen-bond donors (Lipinski definition) is 1. The minimum Gasteiger partial charge on any atom is -0.497 e. The molecule has 0 aliphatic carbocycles. The van der Waals surface area contributed by atoms with E-state index in [0.717, 1.165) is 70.7 Å². The second-order valence-electron chi connectivity index (χ2n) is 8.45. The van der Waals surface area contributed by atoms with Crippen LogP contribution in [0.15, 0.2) is 60.7 Å². The van der Waals surface area contributed by atoms with Crippen molar-refractivity contribution in [1.29, 1.82) is 0 Å². The van der Waals surface area contributed by atoms with Crippen molar-refractivity contribution in [2.45, 2.75) is 32.7 Å². The molecular formula is C28H31Cl2N3O. The van der Waals surface area contributed by atoms with Gasteiger partial charge >= 0.3 is 0 Å². The summed E-state index contributed by atoms with van der Waals surface area (Å²) in [5.74, 6) is 0.801. The predicted molar refractivity (Wildman–Crippen MR) is 146 cm³/mol. The number of pyridine rings is 1. The molecule has 3 aromatic carbocycles. The molecule has 0 aliphatic heterocycles. The molecule has 0 saturated carbocycles. The number of halogens is 2. The minimum atomic E-state index is 0.114. The number of aromatic nitrogens is 1. The number of rotatable bonds is 10. The summed E-state index contributed by atoms with van der Waals surface area (Å²) in [5, 5.41) is 7.36. The zero-order valence-corrected chi connectivity index (χ0v) is 21.5. The van der Waals surface area contributed by atoms with Crippen LogP contribution in [0, 0.1) is 0 Å². The highest BCUT2D eigenvalue weighted by Gasteiger charge is 2.17. The largest absolute Gasteiger partial charge is 0.497 e. The van der Waals surface area contributed by atoms with Crippen LogP contribution in [0.3, 0.4) is 0 Å². The average Bonchev–Trinajstić information content (AvgIpc) is 2.85. The van der Waals surface area contributed by atoms with Gasteiger partial charge in [0.1, 0.15) is 5.75 Å². The van der Waals surface area contributed by atoms with Gasteiger partial charge in [0, 0.05) is 20.8 Å². The fourth-order valence-electron chi connectivity index (χ4n) is 4.43. The third-order valence-electron chi connectivity index (χ3n) is 6.40. The highest BCUT2D eigenvalue weighted by atomic mass is 35.5. The Morgan fingerprint density at radius 3 is 2.32 bits per heavy atom. The number of benzene rings is 3. The SMILES string of the molecule is CCN(CC)CCCC(Nc1c2ccc(Cl)cc2nc2ccc(OC)cc12)c1ccc(Cl)cc1. The third kappa shape index (κ3) is 5.57. The molecule has 0 fully saturated rings. The van der Waals surface area contributed by atoms with E-state index in [1.807, 2.05) is 48.5 Å². The van der Waals surface area contributed by atoms with E-state index in [4.69, 9.17) is 32.9 Å². The van der Waals surface area contributed by atoms with Crippen LogP contribution < -0.4 is 10.1 Å². The van der Waals surface area contributed by atoms with E-state index in [0.29, 0.717) is 5.02 Å². The van der Waals surface area contributed by atoms with Gasteiger partial charge in [-0.3, -0.25) is 0 Å². The molecule has 178 valence electrons. The molecule has 0 radical (unpaired) electrons. The van der Waals surface area contributed by atoms with E-state index in [-0.39, 0.29) is 6.04 Å². The Kier molecular flexibility index (Phi) is 8.15. The van der Waals surface area contributed by atoms with Gasteiger partial charge in [-0.05, 0) is 86.6 Å². The van der Waals surface area contributed by atoms with Crippen molar-refractivity contribution in [1.82, 2.24) is 9.88 Å². The maximum atomic E-state index is 6.31. The maximum absolute atomic E-state index is 6.31. The van der Waals surface area contributed by atoms with Gasteiger partial charge in [-0.15, -0.1) is 0 Å². The van der Waals surface area contributed by atoms with Crippen LogP contribution >= 0.6 is 23.2 Å². The van der Waals surface area contributed by atoms with E-state index >= 15 is 0 Å². The summed E-state index contributed by atoms with van der Waals surface area (Å²) in [4.78, 5) is 7.33. The number of hydrogen-bond acceptors (Lipinski definition) is 4. The first kappa shape index (κ1) is 24.6. The summed E-state index contributed by atoms with van der Waals surface area (Å²) in [6.07, 6.45) is 2.07. The fourth-order valence-corrected chi connectivity index (χ4v) is 4.72. The lowest BCUT2D eigenvalue weighted by Crippen LogP contribution is -2.25. The number of fused-ring (bicyclic) bond motifs is 2. The van der Waals surface area contributed by atoms with Gasteiger partial charge in [0.15, 0.2) is 0 Å². The number of ether oxygens (including phenoxy) is 1. The number of nitrogens with zero attached hydrogens (tertiary/aromatic N) is 2. The molecule has 34 heavy (non-hydrogen) atoms. The minimum absolute atomic E-state index is 0.114. The highest BCUT2D eigenvalue weighted by Crippen LogP contribution is 2.37. The van der Waals surface area contributed by atoms with Crippen LogP contribution in [0.1, 0.15) is 38.3 Å². The molecule has 4 rings (SSSR count). The molecule has 1 unspecified atom stereocenters. The molecule has 6 heteroatoms. The molecule has 1 atom stereocenters. The summed E-state index contributed by atoms with van der Waals surface area (Å²) in [7, 11) is 1.69. The van der Waals surface area contributed by atoms with E-state index in [1.54, 1.807) is 7.11 Å². The van der Waals surface area contributed by atoms with Crippen LogP contribution in [-0.4, -0.2) is 36.6 Å². The van der Waals surface area contributed by atoms with Gasteiger partial charge in [-0.25, -0.2) is 4.98 Å². The standard InChI is InChI=1S/C28H31Cl2N3O/c1-4-33(5-2)16-6-7-25(19-8-10-20(29)11-9-19)32-28-23-14-12-21(30)17-27(23)31-26-15-13-22(34-3)18-24(26)28/h8-15,17-18,25H,4-7,16H2,1-3H3,(H,31,32). The smallest absolute Gasteiger partial charge is 0.119 e. The summed E-state index contributed by atoms with van der Waals surface area (Å²) in [6.45, 7) is 7.63. The van der Waals surface area contributed by atoms with E-state index in [2.05, 4.69) is 36.2 Å². The molecule has 0 spiro atoms. The normalized spacial score (nSPS) is 12.4. The van der Waals surface area contributed by atoms with Crippen molar-refractivity contribution in [3.8, 4) is 5.75 Å². The lowest BCUT2D eigenvalue weighted by atomic mass is 9.99. The van der Waals surface area contributed by atoms with E-state index in [1.165, 1.54) is 5.56 Å². The molecule has 1 aromatic heterocycles. The molecule has 0 saturated heterocycles. The van der Waals surface area contributed by atoms with Gasteiger partial charge in [0.05, 0.1) is 29.9 Å². The van der Waals surface area contributed by atoms with Gasteiger partial charge in [0.25, 0.3) is 0 Å². The topological polar surface area (TPSA) is 37.4 Å². The Morgan fingerprint density at radius 1 is 0.882 bits per heavy atom. The second kappa shape index (κ2) is 11.3. The molecule has 4 nitrogen and oxygen atoms in total. The zero-order valence-electron chi connectivity index (χ0n) is 19.9. The van der Waals surface area contributed by atoms with Gasteiger partial charge < -0.3 is 15.0 Å². The molecule has 4 aromatic rings. The Labute approximate surface area is 211 Å². The number of nitrogens with one attached hydrogen (secondary N) is 1. The predicted octanol–water partition coefficient (Wildman–Crippen LogP) is 7.98. The third-order valence-corrected chi connectivity index (χ3v) is 6.88. The quantitative estimate of drug-likeness (QED) is 0.226. The van der Waals surface area contributed by atoms with Crippen molar-refractivity contribution in [3.63, 3.8) is 0 Å². The van der Waals surface area contributed by atoms with Crippen molar-refractivity contribution in [3.05, 3.63) is 76.3 Å². The van der Waals surface area contributed by atoms with Gasteiger partial charge in [0.2, 0.25) is 0 Å². The van der Waals surface area contributed by atoms with Crippen LogP contribution in [0.4, 0.5) is 5.69 Å². The summed E-state index contributed by atoms with van der Waals surface area (Å²) in [6, 6.07) is 20.1. The average molecular weight is 496 g/mol. The zero-order chi connectivity index (χ0) is 24.1. The Hall–Kier alpha value is -2.53. The Morgan fingerprint density at radius 2 is 1.62 bits per heavy atom. The van der Waals surface area contributed by atoms with E-state index in [9.17, 15) is 0 Å². The lowest BCUT2D eigenvalue weighted by Gasteiger charge is -2.25. The van der Waals surface area contributed by atoms with Crippen molar-refractivity contribution >= 4 is 50.7 Å². The summed E-state index contributed by atoms with van der Waals surface area (Å²) < 4.78 is 5.53. The first-order valence-corrected chi connectivity index (χ1v) is 12.6. The molecule has 0 aliphatic rings. The maximum Gasteiger partial charge on any atom is 0.119 e. The monoisotopic (exact) mass is 495 g/mol. The highest BCUT2D eigenvalue weighted by molar-refractivity contribution is 6.31.